The maximum atomic E-state index is 13.9. The van der Waals surface area contributed by atoms with Crippen LogP contribution in [0.15, 0.2) is 122 Å². The first-order chi connectivity index (χ1) is 29.8. The molecule has 0 spiro atoms. The number of alkyl carbamates (subject to hydrolysis) is 2. The molecule has 4 N–H and O–H groups in total. The zero-order valence-electron chi connectivity index (χ0n) is 33.7. The van der Waals surface area contributed by atoms with Crippen LogP contribution >= 0.6 is 0 Å². The third kappa shape index (κ3) is 8.95. The molecule has 8 rings (SSSR count). The predicted molar refractivity (Wildman–Crippen MR) is 225 cm³/mol. The molecule has 312 valence electrons. The molecule has 4 atom stereocenters. The van der Waals surface area contributed by atoms with Crippen molar-refractivity contribution in [2.45, 2.75) is 49.9 Å². The second-order valence-electron chi connectivity index (χ2n) is 14.9. The monoisotopic (exact) mass is 822 g/mol. The predicted octanol–water partition coefficient (Wildman–Crippen LogP) is 7.78. The van der Waals surface area contributed by atoms with E-state index in [0.717, 1.165) is 48.2 Å². The number of amides is 4. The van der Waals surface area contributed by atoms with E-state index in [0.29, 0.717) is 47.4 Å². The van der Waals surface area contributed by atoms with E-state index >= 15 is 0 Å². The molecule has 4 amide bonds. The zero-order chi connectivity index (χ0) is 42.3. The summed E-state index contributed by atoms with van der Waals surface area (Å²) in [5.74, 6) is 2.13. The van der Waals surface area contributed by atoms with Crippen LogP contribution < -0.4 is 15.4 Å². The molecule has 0 radical (unpaired) electrons. The maximum Gasteiger partial charge on any atom is 0.407 e. The fourth-order valence-corrected chi connectivity index (χ4v) is 8.05. The summed E-state index contributed by atoms with van der Waals surface area (Å²) >= 11 is 0. The molecule has 0 aliphatic carbocycles. The number of imidazole rings is 2. The molecule has 0 saturated carbocycles. The summed E-state index contributed by atoms with van der Waals surface area (Å²) in [6.07, 6.45) is 5.20. The molecule has 2 saturated heterocycles. The highest BCUT2D eigenvalue weighted by Crippen LogP contribution is 2.37. The Kier molecular flexibility index (Phi) is 12.1. The van der Waals surface area contributed by atoms with Gasteiger partial charge in [0.2, 0.25) is 0 Å². The molecular formula is C46H46N8O7. The molecule has 2 fully saturated rings. The first-order valence-electron chi connectivity index (χ1n) is 20.2. The summed E-state index contributed by atoms with van der Waals surface area (Å²) in [5.41, 5.74) is 4.65. The zero-order valence-corrected chi connectivity index (χ0v) is 33.7. The van der Waals surface area contributed by atoms with Crippen LogP contribution in [-0.2, 0) is 19.1 Å². The Bertz CT molecular complexity index is 2470. The van der Waals surface area contributed by atoms with Gasteiger partial charge in [0, 0.05) is 18.7 Å². The average molecular weight is 823 g/mol. The second kappa shape index (κ2) is 18.2. The van der Waals surface area contributed by atoms with Gasteiger partial charge in [-0.1, -0.05) is 72.8 Å². The number of hydrogen-bond donors (Lipinski definition) is 4. The van der Waals surface area contributed by atoms with Gasteiger partial charge in [-0.15, -0.1) is 0 Å². The van der Waals surface area contributed by atoms with Crippen molar-refractivity contribution in [2.24, 2.45) is 0 Å². The van der Waals surface area contributed by atoms with Crippen LogP contribution in [0.3, 0.4) is 0 Å². The average Bonchev–Trinajstić information content (AvgIpc) is 4.15. The topological polar surface area (TPSA) is 184 Å². The smallest absolute Gasteiger partial charge is 0.407 e. The summed E-state index contributed by atoms with van der Waals surface area (Å²) in [6, 6.07) is 31.2. The fraction of sp³-hybridized carbons (Fsp3) is 0.261. The Hall–Kier alpha value is -7.42. The molecular weight excluding hydrogens is 777 g/mol. The van der Waals surface area contributed by atoms with Gasteiger partial charge < -0.3 is 44.6 Å². The Morgan fingerprint density at radius 1 is 0.607 bits per heavy atom. The number of rotatable bonds is 12. The third-order valence-corrected chi connectivity index (χ3v) is 11.1. The molecule has 2 aliphatic rings. The minimum atomic E-state index is -0.901. The number of methoxy groups -OCH3 is 2. The normalized spacial score (nSPS) is 17.0. The van der Waals surface area contributed by atoms with Gasteiger partial charge in [0.1, 0.15) is 35.2 Å². The van der Waals surface area contributed by atoms with Gasteiger partial charge in [-0.2, -0.15) is 0 Å². The minimum absolute atomic E-state index is 0.230. The summed E-state index contributed by atoms with van der Waals surface area (Å²) in [5, 5.41) is 5.41. The number of hydrogen-bond acceptors (Lipinski definition) is 9. The Labute approximate surface area is 352 Å². The Morgan fingerprint density at radius 2 is 1.10 bits per heavy atom. The number of benzene rings is 4. The molecule has 0 bridgehead atoms. The van der Waals surface area contributed by atoms with E-state index in [1.165, 1.54) is 14.2 Å². The summed E-state index contributed by atoms with van der Waals surface area (Å²) in [6.45, 7) is 1.07. The summed E-state index contributed by atoms with van der Waals surface area (Å²) < 4.78 is 15.9. The lowest BCUT2D eigenvalue weighted by molar-refractivity contribution is -0.135. The fourth-order valence-electron chi connectivity index (χ4n) is 8.05. The number of ether oxygens (including phenoxy) is 3. The molecule has 2 aromatic heterocycles. The summed E-state index contributed by atoms with van der Waals surface area (Å²) in [4.78, 5) is 72.0. The van der Waals surface area contributed by atoms with Gasteiger partial charge in [0.25, 0.3) is 11.8 Å². The van der Waals surface area contributed by atoms with Crippen molar-refractivity contribution in [1.82, 2.24) is 40.4 Å². The van der Waals surface area contributed by atoms with E-state index in [-0.39, 0.29) is 23.9 Å². The van der Waals surface area contributed by atoms with Crippen LogP contribution in [0.2, 0.25) is 0 Å². The van der Waals surface area contributed by atoms with E-state index in [2.05, 4.69) is 25.6 Å². The van der Waals surface area contributed by atoms with Crippen molar-refractivity contribution in [2.75, 3.05) is 27.3 Å². The molecule has 4 aromatic carbocycles. The third-order valence-electron chi connectivity index (χ3n) is 11.1. The van der Waals surface area contributed by atoms with E-state index in [1.807, 2.05) is 97.1 Å². The van der Waals surface area contributed by atoms with Crippen molar-refractivity contribution in [3.63, 3.8) is 0 Å². The SMILES string of the molecule is COC(=O)N[C@@H](C(=O)N1CCC[C@H]1c1ncc(-c2ccc(Oc3cccc(-c4cnc([C@@H]5CCCN5C(=O)[C@H](NC(=O)OC)c5ccccc5)[nH]4)c3)cc2)[nH]1)c1ccccc1. The number of carbonyl (C=O) groups excluding carboxylic acids is 4. The van der Waals surface area contributed by atoms with E-state index < -0.39 is 24.3 Å². The lowest BCUT2D eigenvalue weighted by Gasteiger charge is -2.28. The number of carbonyl (C=O) groups is 4. The number of aromatic amines is 2. The van der Waals surface area contributed by atoms with E-state index in [9.17, 15) is 19.2 Å². The van der Waals surface area contributed by atoms with E-state index in [4.69, 9.17) is 19.2 Å². The Balaban J connectivity index is 0.923. The van der Waals surface area contributed by atoms with Crippen molar-refractivity contribution in [3.05, 3.63) is 144 Å². The summed E-state index contributed by atoms with van der Waals surface area (Å²) in [7, 11) is 2.54. The highest BCUT2D eigenvalue weighted by atomic mass is 16.5. The van der Waals surface area contributed by atoms with Gasteiger partial charge in [-0.05, 0) is 78.8 Å². The molecule has 15 nitrogen and oxygen atoms in total. The first-order valence-corrected chi connectivity index (χ1v) is 20.2. The van der Waals surface area contributed by atoms with E-state index in [1.54, 1.807) is 34.3 Å². The highest BCUT2D eigenvalue weighted by Gasteiger charge is 2.38. The number of H-pyrrole nitrogens is 2. The van der Waals surface area contributed by atoms with Crippen LogP contribution in [0.1, 0.15) is 72.6 Å². The van der Waals surface area contributed by atoms with Crippen molar-refractivity contribution in [1.29, 1.82) is 0 Å². The number of likely N-dealkylation sites (tertiary alicyclic amines) is 2. The van der Waals surface area contributed by atoms with Crippen molar-refractivity contribution < 1.29 is 33.4 Å². The highest BCUT2D eigenvalue weighted by molar-refractivity contribution is 5.88. The molecule has 6 aromatic rings. The van der Waals surface area contributed by atoms with Gasteiger partial charge in [-0.25, -0.2) is 19.6 Å². The van der Waals surface area contributed by atoms with Crippen molar-refractivity contribution in [3.8, 4) is 34.0 Å². The van der Waals surface area contributed by atoms with Gasteiger partial charge in [-0.3, -0.25) is 9.59 Å². The van der Waals surface area contributed by atoms with Crippen LogP contribution in [0.5, 0.6) is 11.5 Å². The number of aromatic nitrogens is 4. The van der Waals surface area contributed by atoms with Crippen LogP contribution in [0.25, 0.3) is 22.5 Å². The molecule has 2 aliphatic heterocycles. The largest absolute Gasteiger partial charge is 0.457 e. The first kappa shape index (κ1) is 40.4. The van der Waals surface area contributed by atoms with Crippen LogP contribution in [0.4, 0.5) is 9.59 Å². The molecule has 0 unspecified atom stereocenters. The lowest BCUT2D eigenvalue weighted by Crippen LogP contribution is -2.42. The molecule has 61 heavy (non-hydrogen) atoms. The van der Waals surface area contributed by atoms with Crippen molar-refractivity contribution >= 4 is 24.0 Å². The van der Waals surface area contributed by atoms with Gasteiger partial charge in [0.05, 0.1) is 50.1 Å². The minimum Gasteiger partial charge on any atom is -0.457 e. The van der Waals surface area contributed by atoms with Crippen LogP contribution in [0, 0.1) is 0 Å². The Morgan fingerprint density at radius 3 is 1.59 bits per heavy atom. The number of nitrogens with zero attached hydrogens (tertiary/aromatic N) is 4. The number of nitrogens with one attached hydrogen (secondary N) is 4. The maximum absolute atomic E-state index is 13.9. The van der Waals surface area contributed by atoms with Gasteiger partial charge >= 0.3 is 12.2 Å². The lowest BCUT2D eigenvalue weighted by atomic mass is 10.1. The quantitative estimate of drug-likeness (QED) is 0.0958. The van der Waals surface area contributed by atoms with Crippen LogP contribution in [-0.4, -0.2) is 81.0 Å². The second-order valence-corrected chi connectivity index (χ2v) is 14.9. The molecule has 4 heterocycles. The molecule has 15 heteroatoms. The van der Waals surface area contributed by atoms with Gasteiger partial charge in [0.15, 0.2) is 0 Å². The standard InChI is InChI=1S/C46H46N8O7/c1-59-45(57)51-39(30-12-5-3-6-13-30)43(55)53-24-10-18-37(53)41-47-27-35(49-41)29-20-22-33(23-21-29)61-34-17-9-16-32(26-34)36-28-48-42(50-36)38-19-11-25-54(38)44(56)40(52-46(58)60-2)31-14-7-4-8-15-31/h3-9,12-17,20-23,26-28,37-40H,10-11,18-19,24-25H2,1-2H3,(H,47,49)(H,48,50)(H,51,57)(H,52,58)/t37-,38-,39+,40+/m0/s1.